The first-order valence-electron chi connectivity index (χ1n) is 8.26. The molecule has 0 radical (unpaired) electrons. The van der Waals surface area contributed by atoms with E-state index in [0.29, 0.717) is 23.5 Å². The van der Waals surface area contributed by atoms with Gasteiger partial charge < -0.3 is 20.1 Å². The van der Waals surface area contributed by atoms with Crippen LogP contribution in [-0.4, -0.2) is 34.6 Å². The van der Waals surface area contributed by atoms with E-state index < -0.39 is 17.7 Å². The van der Waals surface area contributed by atoms with Gasteiger partial charge in [0.1, 0.15) is 11.4 Å². The van der Waals surface area contributed by atoms with Crippen LogP contribution in [-0.2, 0) is 11.2 Å². The number of hydrogen-bond donors (Lipinski definition) is 3. The van der Waals surface area contributed by atoms with E-state index in [0.717, 1.165) is 10.9 Å². The molecule has 0 aliphatic carbocycles. The van der Waals surface area contributed by atoms with E-state index in [-0.39, 0.29) is 12.2 Å². The lowest BCUT2D eigenvalue weighted by Gasteiger charge is -2.13. The van der Waals surface area contributed by atoms with Crippen molar-refractivity contribution in [3.8, 4) is 11.5 Å². The van der Waals surface area contributed by atoms with E-state index in [1.807, 2.05) is 13.1 Å². The number of fused-ring (bicyclic) bond motifs is 1. The Bertz CT molecular complexity index is 939. The van der Waals surface area contributed by atoms with Gasteiger partial charge in [-0.05, 0) is 49.7 Å². The Hall–Kier alpha value is -2.93. The average Bonchev–Trinajstić information content (AvgIpc) is 2.99. The number of aryl methyl sites for hydroxylation is 1. The molecule has 7 heteroatoms. The van der Waals surface area contributed by atoms with Crippen molar-refractivity contribution in [1.82, 2.24) is 15.3 Å². The van der Waals surface area contributed by atoms with Crippen LogP contribution in [0.25, 0.3) is 11.0 Å². The molecule has 6 nitrogen and oxygen atoms in total. The Morgan fingerprint density at radius 1 is 1.38 bits per heavy atom. The number of aromatic amines is 1. The Labute approximate surface area is 150 Å². The summed E-state index contributed by atoms with van der Waals surface area (Å²) in [6, 6.07) is 6.22. The topological polar surface area (TPSA) is 87.2 Å². The summed E-state index contributed by atoms with van der Waals surface area (Å²) in [5.74, 6) is -1.47. The van der Waals surface area contributed by atoms with E-state index in [2.05, 4.69) is 15.3 Å². The monoisotopic (exact) mass is 357 g/mol. The van der Waals surface area contributed by atoms with E-state index >= 15 is 0 Å². The quantitative estimate of drug-likeness (QED) is 0.604. The fourth-order valence-corrected chi connectivity index (χ4v) is 2.92. The number of hydrogen-bond acceptors (Lipinski definition) is 4. The second-order valence-electron chi connectivity index (χ2n) is 6.17. The third kappa shape index (κ3) is 3.67. The molecule has 3 N–H and O–H groups in total. The van der Waals surface area contributed by atoms with Crippen LogP contribution >= 0.6 is 0 Å². The normalized spacial score (nSPS) is 12.3. The van der Waals surface area contributed by atoms with Crippen molar-refractivity contribution >= 4 is 17.0 Å². The van der Waals surface area contributed by atoms with Crippen LogP contribution in [0.5, 0.6) is 11.5 Å². The smallest absolute Gasteiger partial charge is 0.308 e. The molecule has 3 aromatic rings. The van der Waals surface area contributed by atoms with Crippen LogP contribution in [0.4, 0.5) is 4.39 Å². The van der Waals surface area contributed by atoms with Crippen molar-refractivity contribution in [2.45, 2.75) is 13.3 Å². The lowest BCUT2D eigenvalue weighted by atomic mass is 9.99. The van der Waals surface area contributed by atoms with Crippen LogP contribution in [0.1, 0.15) is 11.1 Å². The largest absolute Gasteiger partial charge is 0.481 e. The van der Waals surface area contributed by atoms with Crippen molar-refractivity contribution < 1.29 is 19.0 Å². The minimum atomic E-state index is -0.915. The molecule has 0 aliphatic heterocycles. The van der Waals surface area contributed by atoms with Gasteiger partial charge in [-0.3, -0.25) is 4.79 Å². The van der Waals surface area contributed by atoms with Gasteiger partial charge in [-0.15, -0.1) is 0 Å². The number of H-pyrrole nitrogens is 1. The molecule has 136 valence electrons. The highest BCUT2D eigenvalue weighted by Gasteiger charge is 2.18. The molecule has 3 rings (SSSR count). The highest BCUT2D eigenvalue weighted by atomic mass is 19.1. The number of carbonyl (C=O) groups is 1. The maximum absolute atomic E-state index is 14.5. The second kappa shape index (κ2) is 7.53. The summed E-state index contributed by atoms with van der Waals surface area (Å²) in [5.41, 5.74) is 2.24. The van der Waals surface area contributed by atoms with Crippen LogP contribution in [0, 0.1) is 18.7 Å². The van der Waals surface area contributed by atoms with E-state index in [4.69, 9.17) is 4.74 Å². The van der Waals surface area contributed by atoms with Gasteiger partial charge in [0, 0.05) is 18.9 Å². The molecule has 26 heavy (non-hydrogen) atoms. The van der Waals surface area contributed by atoms with Gasteiger partial charge in [-0.2, -0.15) is 0 Å². The van der Waals surface area contributed by atoms with E-state index in [9.17, 15) is 14.3 Å². The summed E-state index contributed by atoms with van der Waals surface area (Å²) in [4.78, 5) is 18.5. The lowest BCUT2D eigenvalue weighted by molar-refractivity contribution is -0.141. The highest BCUT2D eigenvalue weighted by Crippen LogP contribution is 2.32. The van der Waals surface area contributed by atoms with Crippen LogP contribution < -0.4 is 10.1 Å². The molecule has 1 unspecified atom stereocenters. The summed E-state index contributed by atoms with van der Waals surface area (Å²) < 4.78 is 20.2. The first-order chi connectivity index (χ1) is 12.5. The van der Waals surface area contributed by atoms with E-state index in [1.54, 1.807) is 25.4 Å². The van der Waals surface area contributed by atoms with Gasteiger partial charge in [0.2, 0.25) is 0 Å². The first kappa shape index (κ1) is 17.9. The molecule has 2 heterocycles. The Kier molecular flexibility index (Phi) is 5.18. The number of nitrogens with zero attached hydrogens (tertiary/aromatic N) is 1. The number of benzene rings is 1. The zero-order valence-electron chi connectivity index (χ0n) is 14.5. The molecular formula is C19H20FN3O3. The Morgan fingerprint density at radius 3 is 2.88 bits per heavy atom. The molecule has 2 aromatic heterocycles. The van der Waals surface area contributed by atoms with Crippen LogP contribution in [0.2, 0.25) is 0 Å². The number of halogens is 1. The van der Waals surface area contributed by atoms with Crippen molar-refractivity contribution in [2.24, 2.45) is 5.92 Å². The Balaban J connectivity index is 1.83. The molecule has 0 fully saturated rings. The Morgan fingerprint density at radius 2 is 2.19 bits per heavy atom. The summed E-state index contributed by atoms with van der Waals surface area (Å²) in [6.45, 7) is 2.23. The molecule has 1 aromatic carbocycles. The molecular weight excluding hydrogens is 337 g/mol. The molecule has 0 bridgehead atoms. The van der Waals surface area contributed by atoms with Crippen molar-refractivity contribution in [2.75, 3.05) is 13.6 Å². The highest BCUT2D eigenvalue weighted by molar-refractivity contribution is 5.86. The number of aromatic nitrogens is 2. The fraction of sp³-hybridized carbons (Fsp3) is 0.263. The SMILES string of the molecule is CNCC(Cc1ccc(Oc2ccnc3[nH]cc(C)c23)c(F)c1)C(=O)O. The van der Waals surface area contributed by atoms with Gasteiger partial charge >= 0.3 is 5.97 Å². The number of carboxylic acids is 1. The maximum atomic E-state index is 14.5. The third-order valence-electron chi connectivity index (χ3n) is 4.23. The number of pyridine rings is 1. The standard InChI is InChI=1S/C19H20FN3O3/c1-11-9-23-18-17(11)16(5-6-22-18)26-15-4-3-12(8-14(15)20)7-13(10-21-2)19(24)25/h3-6,8-9,13,21H,7,10H2,1-2H3,(H,22,23)(H,24,25). The van der Waals surface area contributed by atoms with Gasteiger partial charge in [0.15, 0.2) is 11.6 Å². The molecule has 0 saturated heterocycles. The maximum Gasteiger partial charge on any atom is 0.308 e. The summed E-state index contributed by atoms with van der Waals surface area (Å²) >= 11 is 0. The number of nitrogens with one attached hydrogen (secondary N) is 2. The van der Waals surface area contributed by atoms with Gasteiger partial charge in [0.25, 0.3) is 0 Å². The van der Waals surface area contributed by atoms with Crippen LogP contribution in [0.3, 0.4) is 0 Å². The minimum absolute atomic E-state index is 0.0855. The van der Waals surface area contributed by atoms with Crippen molar-refractivity contribution in [3.63, 3.8) is 0 Å². The summed E-state index contributed by atoms with van der Waals surface area (Å²) in [5, 5.41) is 12.9. The number of carboxylic acid groups (broad SMARTS) is 1. The predicted molar refractivity (Wildman–Crippen MR) is 96.1 cm³/mol. The molecule has 0 amide bonds. The fourth-order valence-electron chi connectivity index (χ4n) is 2.92. The van der Waals surface area contributed by atoms with Gasteiger partial charge in [0.05, 0.1) is 11.3 Å². The summed E-state index contributed by atoms with van der Waals surface area (Å²) in [6.07, 6.45) is 3.65. The summed E-state index contributed by atoms with van der Waals surface area (Å²) in [7, 11) is 1.69. The predicted octanol–water partition coefficient (Wildman–Crippen LogP) is 3.27. The molecule has 0 spiro atoms. The minimum Gasteiger partial charge on any atom is -0.481 e. The van der Waals surface area contributed by atoms with Gasteiger partial charge in [-0.1, -0.05) is 6.07 Å². The molecule has 0 saturated carbocycles. The van der Waals surface area contributed by atoms with Gasteiger partial charge in [-0.25, -0.2) is 9.37 Å². The van der Waals surface area contributed by atoms with Crippen molar-refractivity contribution in [3.05, 3.63) is 53.6 Å². The second-order valence-corrected chi connectivity index (χ2v) is 6.17. The number of ether oxygens (including phenoxy) is 1. The number of aliphatic carboxylic acids is 1. The van der Waals surface area contributed by atoms with Crippen LogP contribution in [0.15, 0.2) is 36.7 Å². The molecule has 0 aliphatic rings. The average molecular weight is 357 g/mol. The van der Waals surface area contributed by atoms with E-state index in [1.165, 1.54) is 12.1 Å². The first-order valence-corrected chi connectivity index (χ1v) is 8.26. The third-order valence-corrected chi connectivity index (χ3v) is 4.23. The van der Waals surface area contributed by atoms with Crippen molar-refractivity contribution in [1.29, 1.82) is 0 Å². The zero-order valence-corrected chi connectivity index (χ0v) is 14.5. The number of rotatable bonds is 7. The lowest BCUT2D eigenvalue weighted by Crippen LogP contribution is -2.27. The zero-order chi connectivity index (χ0) is 18.7. The molecule has 1 atom stereocenters.